The number of carbonyl (C=O) groups excluding carboxylic acids is 3. The van der Waals surface area contributed by atoms with E-state index in [1.807, 2.05) is 0 Å². The summed E-state index contributed by atoms with van der Waals surface area (Å²) < 4.78 is 10.5. The summed E-state index contributed by atoms with van der Waals surface area (Å²) >= 11 is 0. The molecule has 0 spiro atoms. The van der Waals surface area contributed by atoms with Gasteiger partial charge in [-0.2, -0.15) is 0 Å². The summed E-state index contributed by atoms with van der Waals surface area (Å²) in [6.45, 7) is 0. The zero-order valence-electron chi connectivity index (χ0n) is 28.4. The van der Waals surface area contributed by atoms with Crippen molar-refractivity contribution in [3.05, 3.63) is 0 Å². The summed E-state index contributed by atoms with van der Waals surface area (Å²) in [7, 11) is 0. The quantitative estimate of drug-likeness (QED) is 0.0399. The average Bonchev–Trinajstić information content (AvgIpc) is 3.03. The molecule has 0 aliphatic heterocycles. The maximum absolute atomic E-state index is 13.0. The predicted octanol–water partition coefficient (Wildman–Crippen LogP) is 8.00. The second-order valence-corrected chi connectivity index (χ2v) is 13.1. The lowest BCUT2D eigenvalue weighted by Crippen LogP contribution is -2.38. The first-order valence-corrected chi connectivity index (χ1v) is 18.2. The SMILES string of the molecule is O=C(O)CCCCCCCCCCCCC(=O)OC(=O)C1CCCCC1C(=O)OC(CCCCCCCCCCCC(=O)O)C(=O)O. The maximum Gasteiger partial charge on any atom is 0.345 e. The monoisotopic (exact) mass is 668 g/mol. The Bertz CT molecular complexity index is 932. The number of carboxylic acid groups (broad SMARTS) is 3. The summed E-state index contributed by atoms with van der Waals surface area (Å²) in [5.74, 6) is -6.39. The van der Waals surface area contributed by atoms with Crippen LogP contribution in [0.2, 0.25) is 0 Å². The first kappa shape index (κ1) is 42.0. The highest BCUT2D eigenvalue weighted by Gasteiger charge is 2.40. The molecule has 0 aromatic carbocycles. The molecule has 11 heteroatoms. The fourth-order valence-electron chi connectivity index (χ4n) is 6.20. The van der Waals surface area contributed by atoms with Crippen molar-refractivity contribution < 1.29 is 53.6 Å². The van der Waals surface area contributed by atoms with Crippen LogP contribution in [0.1, 0.15) is 173 Å². The van der Waals surface area contributed by atoms with Crippen molar-refractivity contribution in [1.29, 1.82) is 0 Å². The molecule has 0 saturated heterocycles. The highest BCUT2D eigenvalue weighted by atomic mass is 16.6. The lowest BCUT2D eigenvalue weighted by atomic mass is 9.79. The van der Waals surface area contributed by atoms with Crippen molar-refractivity contribution in [3.8, 4) is 0 Å². The van der Waals surface area contributed by atoms with Crippen LogP contribution in [0, 0.1) is 11.8 Å². The Morgan fingerprint density at radius 2 is 0.851 bits per heavy atom. The second-order valence-electron chi connectivity index (χ2n) is 13.1. The molecule has 0 radical (unpaired) electrons. The number of hydrogen-bond donors (Lipinski definition) is 3. The first-order valence-electron chi connectivity index (χ1n) is 18.2. The van der Waals surface area contributed by atoms with E-state index in [4.69, 9.17) is 19.7 Å². The van der Waals surface area contributed by atoms with Crippen LogP contribution in [0.5, 0.6) is 0 Å². The molecule has 0 amide bonds. The van der Waals surface area contributed by atoms with Gasteiger partial charge in [0.05, 0.1) is 11.8 Å². The summed E-state index contributed by atoms with van der Waals surface area (Å²) in [5.41, 5.74) is 0. The van der Waals surface area contributed by atoms with Crippen molar-refractivity contribution in [2.24, 2.45) is 11.8 Å². The Morgan fingerprint density at radius 3 is 1.26 bits per heavy atom. The van der Waals surface area contributed by atoms with Crippen LogP contribution in [0.4, 0.5) is 0 Å². The summed E-state index contributed by atoms with van der Waals surface area (Å²) in [4.78, 5) is 71.1. The van der Waals surface area contributed by atoms with Crippen molar-refractivity contribution >= 4 is 35.8 Å². The number of carbonyl (C=O) groups is 6. The van der Waals surface area contributed by atoms with E-state index in [0.717, 1.165) is 103 Å². The zero-order chi connectivity index (χ0) is 34.7. The molecule has 0 heterocycles. The van der Waals surface area contributed by atoms with Crippen molar-refractivity contribution in [1.82, 2.24) is 0 Å². The van der Waals surface area contributed by atoms with Crippen LogP contribution < -0.4 is 0 Å². The Morgan fingerprint density at radius 1 is 0.489 bits per heavy atom. The van der Waals surface area contributed by atoms with Crippen LogP contribution in [-0.2, 0) is 38.2 Å². The van der Waals surface area contributed by atoms with E-state index in [0.29, 0.717) is 44.9 Å². The minimum Gasteiger partial charge on any atom is -0.481 e. The van der Waals surface area contributed by atoms with Crippen LogP contribution in [0.25, 0.3) is 0 Å². The lowest BCUT2D eigenvalue weighted by Gasteiger charge is -2.29. The predicted molar refractivity (Wildman–Crippen MR) is 176 cm³/mol. The summed E-state index contributed by atoms with van der Waals surface area (Å²) in [6.07, 6.45) is 19.4. The van der Waals surface area contributed by atoms with Gasteiger partial charge in [0.1, 0.15) is 0 Å². The van der Waals surface area contributed by atoms with E-state index in [1.165, 1.54) is 0 Å². The fraction of sp³-hybridized carbons (Fsp3) is 0.833. The van der Waals surface area contributed by atoms with Crippen LogP contribution >= 0.6 is 0 Å². The largest absolute Gasteiger partial charge is 0.481 e. The normalized spacial score (nSPS) is 16.7. The smallest absolute Gasteiger partial charge is 0.345 e. The van der Waals surface area contributed by atoms with E-state index in [9.17, 15) is 33.9 Å². The Balaban J connectivity index is 2.27. The highest BCUT2D eigenvalue weighted by Crippen LogP contribution is 2.33. The molecule has 0 bridgehead atoms. The molecule has 1 fully saturated rings. The van der Waals surface area contributed by atoms with Crippen molar-refractivity contribution in [2.75, 3.05) is 0 Å². The Hall–Kier alpha value is -2.98. The number of esters is 3. The van der Waals surface area contributed by atoms with Crippen LogP contribution in [0.15, 0.2) is 0 Å². The van der Waals surface area contributed by atoms with Gasteiger partial charge in [0.2, 0.25) is 0 Å². The number of rotatable bonds is 29. The van der Waals surface area contributed by atoms with E-state index in [-0.39, 0.29) is 25.7 Å². The number of aliphatic carboxylic acids is 3. The van der Waals surface area contributed by atoms with Crippen molar-refractivity contribution in [2.45, 2.75) is 179 Å². The minimum atomic E-state index is -1.28. The van der Waals surface area contributed by atoms with Gasteiger partial charge >= 0.3 is 35.8 Å². The van der Waals surface area contributed by atoms with Crippen LogP contribution in [0.3, 0.4) is 0 Å². The Labute approximate surface area is 280 Å². The fourth-order valence-corrected chi connectivity index (χ4v) is 6.20. The van der Waals surface area contributed by atoms with E-state index >= 15 is 0 Å². The van der Waals surface area contributed by atoms with E-state index < -0.39 is 53.8 Å². The molecular weight excluding hydrogens is 608 g/mol. The van der Waals surface area contributed by atoms with Gasteiger partial charge < -0.3 is 24.8 Å². The molecule has 1 rings (SSSR count). The van der Waals surface area contributed by atoms with E-state index in [1.54, 1.807) is 0 Å². The second kappa shape index (κ2) is 27.0. The third-order valence-electron chi connectivity index (χ3n) is 9.00. The third-order valence-corrected chi connectivity index (χ3v) is 9.00. The molecule has 1 aliphatic rings. The van der Waals surface area contributed by atoms with Gasteiger partial charge in [0.25, 0.3) is 0 Å². The maximum atomic E-state index is 13.0. The molecule has 11 nitrogen and oxygen atoms in total. The number of hydrogen-bond acceptors (Lipinski definition) is 8. The number of ether oxygens (including phenoxy) is 2. The van der Waals surface area contributed by atoms with E-state index in [2.05, 4.69) is 0 Å². The molecule has 1 aliphatic carbocycles. The lowest BCUT2D eigenvalue weighted by molar-refractivity contribution is -0.175. The molecule has 47 heavy (non-hydrogen) atoms. The first-order chi connectivity index (χ1) is 22.6. The highest BCUT2D eigenvalue weighted by molar-refractivity contribution is 5.90. The standard InChI is InChI=1S/C36H60O11/c37-31(38)25-17-13-9-5-1-2-7-11-15-19-27-33(41)47-36(45)29-23-21-20-22-28(29)35(44)46-30(34(42)43)24-16-12-8-4-3-6-10-14-18-26-32(39)40/h28-30H,1-27H2,(H,37,38)(H,39,40)(H,42,43). The van der Waals surface area contributed by atoms with Crippen LogP contribution in [-0.4, -0.2) is 57.2 Å². The molecular formula is C36H60O11. The molecule has 270 valence electrons. The summed E-state index contributed by atoms with van der Waals surface area (Å²) in [5, 5.41) is 27.0. The molecule has 3 atom stereocenters. The average molecular weight is 669 g/mol. The number of unbranched alkanes of at least 4 members (excludes halogenated alkanes) is 17. The van der Waals surface area contributed by atoms with Gasteiger partial charge in [-0.25, -0.2) is 4.79 Å². The van der Waals surface area contributed by atoms with Gasteiger partial charge in [-0.1, -0.05) is 109 Å². The molecule has 0 aromatic rings. The zero-order valence-corrected chi connectivity index (χ0v) is 28.4. The van der Waals surface area contributed by atoms with Gasteiger partial charge in [0.15, 0.2) is 6.10 Å². The van der Waals surface area contributed by atoms with Gasteiger partial charge in [-0.15, -0.1) is 0 Å². The molecule has 3 N–H and O–H groups in total. The van der Waals surface area contributed by atoms with Gasteiger partial charge in [-0.05, 0) is 44.9 Å². The van der Waals surface area contributed by atoms with Gasteiger partial charge in [0, 0.05) is 19.3 Å². The molecule has 3 unspecified atom stereocenters. The topological polar surface area (TPSA) is 182 Å². The van der Waals surface area contributed by atoms with Crippen molar-refractivity contribution in [3.63, 3.8) is 0 Å². The molecule has 1 saturated carbocycles. The summed E-state index contributed by atoms with van der Waals surface area (Å²) in [6, 6.07) is 0. The third kappa shape index (κ3) is 22.3. The molecule has 0 aromatic heterocycles. The Kier molecular flexibility index (Phi) is 24.2. The van der Waals surface area contributed by atoms with Gasteiger partial charge in [-0.3, -0.25) is 24.0 Å². The minimum absolute atomic E-state index is 0.130. The number of carboxylic acids is 3.